The molecule has 1 fully saturated rings. The molecule has 0 bridgehead atoms. The number of hydrogen-bond acceptors (Lipinski definition) is 0. The second-order valence-corrected chi connectivity index (χ2v) is 3.80. The van der Waals surface area contributed by atoms with Crippen LogP contribution in [0, 0.1) is 0 Å². The van der Waals surface area contributed by atoms with E-state index in [2.05, 4.69) is 27.9 Å². The van der Waals surface area contributed by atoms with Crippen LogP contribution in [0.3, 0.4) is 0 Å². The van der Waals surface area contributed by atoms with Gasteiger partial charge in [0, 0.05) is 16.8 Å². The minimum Gasteiger partial charge on any atom is -0.346 e. The summed E-state index contributed by atoms with van der Waals surface area (Å²) < 4.78 is 0.975. The summed E-state index contributed by atoms with van der Waals surface area (Å²) in [6.45, 7) is 2.71. The summed E-state index contributed by atoms with van der Waals surface area (Å²) >= 11 is 2.54. The van der Waals surface area contributed by atoms with Gasteiger partial charge in [-0.05, 0) is 0 Å². The molecule has 1 heterocycles. The van der Waals surface area contributed by atoms with E-state index >= 15 is 0 Å². The minimum atomic E-state index is 0.975. The first-order chi connectivity index (χ1) is 3.39. The molecule has 1 aliphatic heterocycles. The molecular weight excluding hydrogens is 201 g/mol. The fraction of sp³-hybridized carbons (Fsp3) is 1.00. The number of hydrogen-bond donors (Lipinski definition) is 1. The van der Waals surface area contributed by atoms with E-state index in [1.807, 2.05) is 0 Å². The van der Waals surface area contributed by atoms with Crippen LogP contribution in [0.5, 0.6) is 0 Å². The first-order valence-electron chi connectivity index (χ1n) is 2.85. The molecule has 0 radical (unpaired) electrons. The maximum atomic E-state index is 2.54. The van der Waals surface area contributed by atoms with E-state index in [4.69, 9.17) is 0 Å². The summed E-state index contributed by atoms with van der Waals surface area (Å²) in [4.78, 5) is 0. The lowest BCUT2D eigenvalue weighted by molar-refractivity contribution is -0.661. The van der Waals surface area contributed by atoms with E-state index < -0.39 is 0 Å². The molecule has 1 saturated heterocycles. The largest absolute Gasteiger partial charge is 0.346 e. The molecule has 42 valence electrons. The lowest BCUT2D eigenvalue weighted by Gasteiger charge is -2.12. The number of rotatable bonds is 0. The first-order valence-corrected chi connectivity index (χ1v) is 4.10. The zero-order valence-corrected chi connectivity index (χ0v) is 6.52. The highest BCUT2D eigenvalue weighted by molar-refractivity contribution is 14.1. The smallest absolute Gasteiger partial charge is 0.0765 e. The van der Waals surface area contributed by atoms with Crippen molar-refractivity contribution in [3.8, 4) is 0 Å². The van der Waals surface area contributed by atoms with Crippen LogP contribution in [0.1, 0.15) is 12.8 Å². The van der Waals surface area contributed by atoms with Crippen molar-refractivity contribution in [1.82, 2.24) is 0 Å². The zero-order chi connectivity index (χ0) is 5.11. The fourth-order valence-corrected chi connectivity index (χ4v) is 1.61. The van der Waals surface area contributed by atoms with Gasteiger partial charge in [-0.2, -0.15) is 0 Å². The Kier molecular flexibility index (Phi) is 2.38. The Balaban J connectivity index is 2.12. The Hall–Kier alpha value is 0.690. The maximum Gasteiger partial charge on any atom is 0.0765 e. The van der Waals surface area contributed by atoms with Crippen LogP contribution >= 0.6 is 22.6 Å². The van der Waals surface area contributed by atoms with Crippen molar-refractivity contribution in [3.63, 3.8) is 0 Å². The zero-order valence-electron chi connectivity index (χ0n) is 4.36. The van der Waals surface area contributed by atoms with Crippen molar-refractivity contribution in [3.05, 3.63) is 0 Å². The van der Waals surface area contributed by atoms with Gasteiger partial charge < -0.3 is 5.32 Å². The van der Waals surface area contributed by atoms with Gasteiger partial charge in [0.1, 0.15) is 0 Å². The summed E-state index contributed by atoms with van der Waals surface area (Å²) in [7, 11) is 0. The van der Waals surface area contributed by atoms with Crippen molar-refractivity contribution < 1.29 is 5.32 Å². The van der Waals surface area contributed by atoms with E-state index in [9.17, 15) is 0 Å². The molecule has 0 spiro atoms. The van der Waals surface area contributed by atoms with Crippen molar-refractivity contribution >= 4 is 22.6 Å². The van der Waals surface area contributed by atoms with E-state index in [1.54, 1.807) is 0 Å². The average molecular weight is 212 g/mol. The van der Waals surface area contributed by atoms with Crippen LogP contribution in [0.25, 0.3) is 0 Å². The van der Waals surface area contributed by atoms with Crippen molar-refractivity contribution in [2.75, 3.05) is 13.1 Å². The number of piperidine rings is 1. The Morgan fingerprint density at radius 1 is 1.29 bits per heavy atom. The molecular formula is C5H11IN+. The van der Waals surface area contributed by atoms with E-state index in [-0.39, 0.29) is 0 Å². The molecule has 0 aromatic heterocycles. The predicted molar refractivity (Wildman–Crippen MR) is 38.7 cm³/mol. The van der Waals surface area contributed by atoms with E-state index in [1.165, 1.54) is 25.9 Å². The van der Waals surface area contributed by atoms with Gasteiger partial charge in [0.2, 0.25) is 0 Å². The number of quaternary nitrogens is 1. The summed E-state index contributed by atoms with van der Waals surface area (Å²) in [6.07, 6.45) is 2.83. The molecule has 2 N–H and O–H groups in total. The summed E-state index contributed by atoms with van der Waals surface area (Å²) in [5.41, 5.74) is 0. The molecule has 0 atom stereocenters. The molecule has 0 unspecified atom stereocenters. The lowest BCUT2D eigenvalue weighted by atomic mass is 10.2. The molecule has 1 aliphatic rings. The van der Waals surface area contributed by atoms with Crippen molar-refractivity contribution in [2.45, 2.75) is 16.8 Å². The molecule has 0 amide bonds. The SMILES string of the molecule is IC1CC[NH2+]CC1. The number of halogens is 1. The van der Waals surface area contributed by atoms with Crippen LogP contribution in [0.15, 0.2) is 0 Å². The molecule has 1 nitrogen and oxygen atoms in total. The Labute approximate surface area is 58.0 Å². The Bertz CT molecular complexity index is 50.0. The van der Waals surface area contributed by atoms with Crippen LogP contribution in [0.4, 0.5) is 0 Å². The highest BCUT2D eigenvalue weighted by atomic mass is 127. The first kappa shape index (κ1) is 5.82. The van der Waals surface area contributed by atoms with E-state index in [0.29, 0.717) is 0 Å². The molecule has 1 rings (SSSR count). The van der Waals surface area contributed by atoms with Gasteiger partial charge >= 0.3 is 0 Å². The van der Waals surface area contributed by atoms with Crippen LogP contribution < -0.4 is 5.32 Å². The van der Waals surface area contributed by atoms with Gasteiger partial charge in [-0.15, -0.1) is 0 Å². The van der Waals surface area contributed by atoms with Crippen LogP contribution in [-0.2, 0) is 0 Å². The van der Waals surface area contributed by atoms with Crippen molar-refractivity contribution in [1.29, 1.82) is 0 Å². The van der Waals surface area contributed by atoms with Crippen LogP contribution in [0.2, 0.25) is 0 Å². The molecule has 0 aromatic rings. The van der Waals surface area contributed by atoms with Gasteiger partial charge in [0.25, 0.3) is 0 Å². The third-order valence-corrected chi connectivity index (χ3v) is 2.61. The molecule has 0 aromatic carbocycles. The maximum absolute atomic E-state index is 2.54. The van der Waals surface area contributed by atoms with Crippen molar-refractivity contribution in [2.24, 2.45) is 0 Å². The summed E-state index contributed by atoms with van der Waals surface area (Å²) in [5.74, 6) is 0. The standard InChI is InChI=1S/C5H10IN/c6-5-1-3-7-4-2-5/h5,7H,1-4H2/p+1. The van der Waals surface area contributed by atoms with Gasteiger partial charge in [-0.25, -0.2) is 0 Å². The summed E-state index contributed by atoms with van der Waals surface area (Å²) in [6, 6.07) is 0. The molecule has 0 saturated carbocycles. The second kappa shape index (κ2) is 2.87. The minimum absolute atomic E-state index is 0.975. The highest BCUT2D eigenvalue weighted by Crippen LogP contribution is 2.08. The second-order valence-electron chi connectivity index (χ2n) is 2.04. The Morgan fingerprint density at radius 2 is 1.86 bits per heavy atom. The van der Waals surface area contributed by atoms with Gasteiger partial charge in [-0.3, -0.25) is 0 Å². The average Bonchev–Trinajstić information content (AvgIpc) is 1.69. The van der Waals surface area contributed by atoms with E-state index in [0.717, 1.165) is 3.92 Å². The fourth-order valence-electron chi connectivity index (χ4n) is 0.886. The van der Waals surface area contributed by atoms with Gasteiger partial charge in [0.15, 0.2) is 0 Å². The van der Waals surface area contributed by atoms with Gasteiger partial charge in [-0.1, -0.05) is 22.6 Å². The van der Waals surface area contributed by atoms with Gasteiger partial charge in [0.05, 0.1) is 13.1 Å². The monoisotopic (exact) mass is 212 g/mol. The normalized spacial score (nSPS) is 25.3. The number of nitrogens with two attached hydrogens (primary N) is 1. The molecule has 2 heteroatoms. The quantitative estimate of drug-likeness (QED) is 0.434. The Morgan fingerprint density at radius 3 is 2.14 bits per heavy atom. The third-order valence-electron chi connectivity index (χ3n) is 1.37. The molecule has 7 heavy (non-hydrogen) atoms. The van der Waals surface area contributed by atoms with Crippen LogP contribution in [-0.4, -0.2) is 17.0 Å². The number of alkyl halides is 1. The highest BCUT2D eigenvalue weighted by Gasteiger charge is 2.09. The predicted octanol–water partition coefficient (Wildman–Crippen LogP) is 0.147. The topological polar surface area (TPSA) is 16.6 Å². The lowest BCUT2D eigenvalue weighted by Crippen LogP contribution is -2.86. The third kappa shape index (κ3) is 1.95. The summed E-state index contributed by atoms with van der Waals surface area (Å²) in [5, 5.41) is 2.40. The molecule has 0 aliphatic carbocycles.